The third kappa shape index (κ3) is 5.17. The molecule has 2 heterocycles. The molecule has 0 unspecified atom stereocenters. The zero-order valence-corrected chi connectivity index (χ0v) is 18.5. The van der Waals surface area contributed by atoms with Crippen LogP contribution in [0.25, 0.3) is 10.9 Å². The number of nitrogens with zero attached hydrogens (tertiary/aromatic N) is 2. The molecule has 0 atom stereocenters. The molecule has 1 N–H and O–H groups in total. The molecule has 1 aliphatic rings. The zero-order valence-electron chi connectivity index (χ0n) is 17.7. The Bertz CT molecular complexity index is 1130. The molecule has 7 heteroatoms. The quantitative estimate of drug-likeness (QED) is 0.607. The predicted octanol–water partition coefficient (Wildman–Crippen LogP) is 3.91. The van der Waals surface area contributed by atoms with E-state index >= 15 is 0 Å². The summed E-state index contributed by atoms with van der Waals surface area (Å²) in [5.41, 5.74) is 2.01. The van der Waals surface area contributed by atoms with Crippen molar-refractivity contribution in [1.82, 2.24) is 14.2 Å². The summed E-state index contributed by atoms with van der Waals surface area (Å²) in [6.07, 6.45) is 6.30. The van der Waals surface area contributed by atoms with E-state index in [9.17, 15) is 13.2 Å². The van der Waals surface area contributed by atoms with Gasteiger partial charge in [-0.1, -0.05) is 43.2 Å². The van der Waals surface area contributed by atoms with Gasteiger partial charge >= 0.3 is 0 Å². The van der Waals surface area contributed by atoms with Gasteiger partial charge in [-0.25, -0.2) is 8.42 Å². The van der Waals surface area contributed by atoms with Gasteiger partial charge in [0.1, 0.15) is 0 Å². The first-order chi connectivity index (χ1) is 15.0. The van der Waals surface area contributed by atoms with Gasteiger partial charge in [0.15, 0.2) is 0 Å². The molecule has 1 aliphatic heterocycles. The lowest BCUT2D eigenvalue weighted by molar-refractivity contribution is -0.121. The van der Waals surface area contributed by atoms with E-state index in [-0.39, 0.29) is 5.91 Å². The minimum atomic E-state index is -3.47. The number of nitrogens with one attached hydrogen (secondary N) is 1. The van der Waals surface area contributed by atoms with Crippen molar-refractivity contribution in [2.75, 3.05) is 13.1 Å². The van der Waals surface area contributed by atoms with E-state index in [1.165, 1.54) is 0 Å². The van der Waals surface area contributed by atoms with Gasteiger partial charge in [0, 0.05) is 49.7 Å². The molecule has 1 fully saturated rings. The van der Waals surface area contributed by atoms with Gasteiger partial charge in [-0.05, 0) is 42.7 Å². The molecule has 0 saturated carbocycles. The second-order valence-corrected chi connectivity index (χ2v) is 10.00. The van der Waals surface area contributed by atoms with Crippen LogP contribution >= 0.6 is 0 Å². The highest BCUT2D eigenvalue weighted by Gasteiger charge is 2.25. The van der Waals surface area contributed by atoms with Gasteiger partial charge in [0.25, 0.3) is 0 Å². The van der Waals surface area contributed by atoms with Crippen molar-refractivity contribution < 1.29 is 13.2 Å². The van der Waals surface area contributed by atoms with Crippen LogP contribution in [-0.2, 0) is 27.9 Å². The normalized spacial score (nSPS) is 15.6. The number of carbonyl (C=O) groups is 1. The molecule has 6 nitrogen and oxygen atoms in total. The average molecular weight is 440 g/mol. The fourth-order valence-electron chi connectivity index (χ4n) is 4.07. The van der Waals surface area contributed by atoms with Crippen LogP contribution in [0.15, 0.2) is 65.7 Å². The van der Waals surface area contributed by atoms with Crippen molar-refractivity contribution in [3.63, 3.8) is 0 Å². The Balaban J connectivity index is 1.41. The highest BCUT2D eigenvalue weighted by atomic mass is 32.2. The molecule has 0 radical (unpaired) electrons. The molecule has 1 amide bonds. The third-order valence-electron chi connectivity index (χ3n) is 5.86. The maximum Gasteiger partial charge on any atom is 0.243 e. The Morgan fingerprint density at radius 2 is 1.68 bits per heavy atom. The van der Waals surface area contributed by atoms with E-state index in [2.05, 4.69) is 5.32 Å². The summed E-state index contributed by atoms with van der Waals surface area (Å²) in [5, 5.41) is 3.82. The number of benzene rings is 2. The minimum Gasteiger partial charge on any atom is -0.352 e. The summed E-state index contributed by atoms with van der Waals surface area (Å²) in [6.45, 7) is 2.26. The summed E-state index contributed by atoms with van der Waals surface area (Å²) in [6, 6.07) is 17.0. The third-order valence-corrected chi connectivity index (χ3v) is 7.75. The number of rotatable bonds is 7. The van der Waals surface area contributed by atoms with Crippen LogP contribution in [0.1, 0.15) is 37.7 Å². The highest BCUT2D eigenvalue weighted by Crippen LogP contribution is 2.25. The molecule has 0 bridgehead atoms. The van der Waals surface area contributed by atoms with Crippen molar-refractivity contribution in [3.8, 4) is 0 Å². The van der Waals surface area contributed by atoms with Gasteiger partial charge < -0.3 is 9.88 Å². The zero-order chi connectivity index (χ0) is 21.7. The van der Waals surface area contributed by atoms with E-state index in [1.54, 1.807) is 16.4 Å². The first kappa shape index (κ1) is 21.6. The Labute approximate surface area is 183 Å². The van der Waals surface area contributed by atoms with Crippen molar-refractivity contribution in [2.24, 2.45) is 0 Å². The van der Waals surface area contributed by atoms with Crippen LogP contribution in [0, 0.1) is 0 Å². The molecule has 2 aromatic carbocycles. The lowest BCUT2D eigenvalue weighted by Crippen LogP contribution is -2.31. The summed E-state index contributed by atoms with van der Waals surface area (Å²) in [4.78, 5) is 12.6. The fourth-order valence-corrected chi connectivity index (χ4v) is 5.62. The number of carbonyl (C=O) groups excluding carboxylic acids is 1. The summed E-state index contributed by atoms with van der Waals surface area (Å²) in [5.74, 6) is -0.00827. The average Bonchev–Trinajstić information content (AvgIpc) is 2.99. The fraction of sp³-hybridized carbons (Fsp3) is 0.375. The number of amides is 1. The van der Waals surface area contributed by atoms with E-state index in [0.29, 0.717) is 37.5 Å². The lowest BCUT2D eigenvalue weighted by atomic mass is 10.2. The van der Waals surface area contributed by atoms with Gasteiger partial charge in [-0.15, -0.1) is 0 Å². The molecule has 0 aliphatic carbocycles. The maximum absolute atomic E-state index is 13.1. The van der Waals surface area contributed by atoms with E-state index < -0.39 is 10.0 Å². The number of fused-ring (bicyclic) bond motifs is 1. The second-order valence-electron chi connectivity index (χ2n) is 8.06. The van der Waals surface area contributed by atoms with Crippen molar-refractivity contribution in [2.45, 2.75) is 50.1 Å². The molecule has 0 spiro atoms. The van der Waals surface area contributed by atoms with Crippen molar-refractivity contribution in [3.05, 3.63) is 66.4 Å². The second kappa shape index (κ2) is 9.66. The molecular weight excluding hydrogens is 410 g/mol. The maximum atomic E-state index is 13.1. The van der Waals surface area contributed by atoms with E-state index in [4.69, 9.17) is 0 Å². The topological polar surface area (TPSA) is 71.4 Å². The number of hydrogen-bond acceptors (Lipinski definition) is 3. The standard InChI is InChI=1S/C24H29N3O3S/c28-24(25-19-20-8-4-3-5-9-20)13-17-26-16-12-21-18-22(10-11-23(21)26)31(29,30)27-14-6-1-2-7-15-27/h3-5,8-12,16,18H,1-2,6-7,13-15,17,19H2,(H,25,28). The van der Waals surface area contributed by atoms with Crippen LogP contribution in [0.3, 0.4) is 0 Å². The summed E-state index contributed by atoms with van der Waals surface area (Å²) < 4.78 is 29.7. The molecule has 3 aromatic rings. The van der Waals surface area contributed by atoms with Crippen LogP contribution in [0.2, 0.25) is 0 Å². The molecule has 164 valence electrons. The Morgan fingerprint density at radius 3 is 2.42 bits per heavy atom. The first-order valence-corrected chi connectivity index (χ1v) is 12.4. The summed E-state index contributed by atoms with van der Waals surface area (Å²) in [7, 11) is -3.47. The smallest absolute Gasteiger partial charge is 0.243 e. The Hall–Kier alpha value is -2.64. The van der Waals surface area contributed by atoms with Gasteiger partial charge in [-0.3, -0.25) is 4.79 Å². The monoisotopic (exact) mass is 439 g/mol. The molecule has 1 aromatic heterocycles. The van der Waals surface area contributed by atoms with Crippen LogP contribution in [0.4, 0.5) is 0 Å². The van der Waals surface area contributed by atoms with Gasteiger partial charge in [-0.2, -0.15) is 4.31 Å². The Kier molecular flexibility index (Phi) is 6.73. The molecular formula is C24H29N3O3S. The Morgan fingerprint density at radius 1 is 0.935 bits per heavy atom. The van der Waals surface area contributed by atoms with Crippen molar-refractivity contribution in [1.29, 1.82) is 0 Å². The number of aromatic nitrogens is 1. The van der Waals surface area contributed by atoms with Crippen LogP contribution < -0.4 is 5.32 Å². The number of aryl methyl sites for hydroxylation is 1. The number of sulfonamides is 1. The van der Waals surface area contributed by atoms with Crippen molar-refractivity contribution >= 4 is 26.8 Å². The van der Waals surface area contributed by atoms with Gasteiger partial charge in [0.2, 0.25) is 15.9 Å². The van der Waals surface area contributed by atoms with Crippen LogP contribution in [0.5, 0.6) is 0 Å². The largest absolute Gasteiger partial charge is 0.352 e. The molecule has 1 saturated heterocycles. The van der Waals surface area contributed by atoms with E-state index in [0.717, 1.165) is 42.1 Å². The highest BCUT2D eigenvalue weighted by molar-refractivity contribution is 7.89. The molecule has 4 rings (SSSR count). The molecule has 31 heavy (non-hydrogen) atoms. The number of hydrogen-bond donors (Lipinski definition) is 1. The van der Waals surface area contributed by atoms with E-state index in [1.807, 2.05) is 53.2 Å². The summed E-state index contributed by atoms with van der Waals surface area (Å²) >= 11 is 0. The SMILES string of the molecule is O=C(CCn1ccc2cc(S(=O)(=O)N3CCCCCC3)ccc21)NCc1ccccc1. The van der Waals surface area contributed by atoms with Gasteiger partial charge in [0.05, 0.1) is 4.90 Å². The first-order valence-electron chi connectivity index (χ1n) is 10.9. The minimum absolute atomic E-state index is 0.00827. The predicted molar refractivity (Wildman–Crippen MR) is 122 cm³/mol. The lowest BCUT2D eigenvalue weighted by Gasteiger charge is -2.20. The van der Waals surface area contributed by atoms with Crippen LogP contribution in [-0.4, -0.2) is 36.3 Å².